The number of benzene rings is 2. The lowest BCUT2D eigenvalue weighted by Gasteiger charge is -2.19. The minimum Gasteiger partial charge on any atom is -0.508 e. The molecule has 0 saturated heterocycles. The molecule has 0 aliphatic rings. The molecule has 0 fully saturated rings. The van der Waals surface area contributed by atoms with Gasteiger partial charge in [0.15, 0.2) is 0 Å². The highest BCUT2D eigenvalue weighted by Gasteiger charge is 2.16. The molecule has 0 spiro atoms. The summed E-state index contributed by atoms with van der Waals surface area (Å²) in [6, 6.07) is 16.9. The number of phenols is 1. The van der Waals surface area contributed by atoms with Crippen molar-refractivity contribution in [1.82, 2.24) is 0 Å². The van der Waals surface area contributed by atoms with E-state index in [2.05, 4.69) is 20.8 Å². The number of rotatable bonds is 0. The van der Waals surface area contributed by atoms with E-state index in [4.69, 9.17) is 5.73 Å². The van der Waals surface area contributed by atoms with Crippen LogP contribution < -0.4 is 5.73 Å². The average molecular weight is 243 g/mol. The Morgan fingerprint density at radius 1 is 0.833 bits per heavy atom. The molecule has 0 heterocycles. The van der Waals surface area contributed by atoms with E-state index in [1.165, 1.54) is 0 Å². The third kappa shape index (κ3) is 4.50. The Kier molecular flexibility index (Phi) is 4.78. The maximum Gasteiger partial charge on any atom is 0.119 e. The van der Waals surface area contributed by atoms with E-state index in [-0.39, 0.29) is 5.41 Å². The van der Waals surface area contributed by atoms with Crippen LogP contribution in [0.15, 0.2) is 54.6 Å². The predicted molar refractivity (Wildman–Crippen MR) is 77.7 cm³/mol. The summed E-state index contributed by atoms with van der Waals surface area (Å²) in [5, 5.41) is 9.45. The number of hydrogen-bond acceptors (Lipinski definition) is 2. The molecule has 2 aromatic rings. The quantitative estimate of drug-likeness (QED) is 0.688. The Bertz CT molecular complexity index is 472. The standard InChI is InChI=1S/C10H14O.C6H7N/c1-10(2,3)8-6-4-5-7-9(8)11;7-6-4-2-1-3-5-6/h4-7,11H,1-3H3;1-5H,7H2. The molecule has 96 valence electrons. The van der Waals surface area contributed by atoms with Gasteiger partial charge in [0.2, 0.25) is 0 Å². The molecule has 18 heavy (non-hydrogen) atoms. The van der Waals surface area contributed by atoms with E-state index < -0.39 is 0 Å². The number of nitrogen functional groups attached to an aromatic ring is 1. The van der Waals surface area contributed by atoms with Crippen molar-refractivity contribution in [1.29, 1.82) is 0 Å². The summed E-state index contributed by atoms with van der Waals surface area (Å²) in [4.78, 5) is 0. The van der Waals surface area contributed by atoms with Crippen LogP contribution in [0.2, 0.25) is 0 Å². The zero-order valence-electron chi connectivity index (χ0n) is 11.2. The van der Waals surface area contributed by atoms with Crippen LogP contribution >= 0.6 is 0 Å². The van der Waals surface area contributed by atoms with Crippen molar-refractivity contribution in [3.8, 4) is 5.75 Å². The highest BCUT2D eigenvalue weighted by molar-refractivity contribution is 5.37. The van der Waals surface area contributed by atoms with E-state index in [0.29, 0.717) is 5.75 Å². The van der Waals surface area contributed by atoms with Crippen LogP contribution in [0.1, 0.15) is 26.3 Å². The first-order valence-electron chi connectivity index (χ1n) is 6.00. The van der Waals surface area contributed by atoms with Crippen molar-refractivity contribution >= 4 is 5.69 Å². The molecule has 0 bridgehead atoms. The molecule has 0 radical (unpaired) electrons. The van der Waals surface area contributed by atoms with Crippen molar-refractivity contribution in [2.45, 2.75) is 26.2 Å². The second-order valence-electron chi connectivity index (χ2n) is 5.18. The third-order valence-electron chi connectivity index (χ3n) is 2.51. The molecule has 0 aromatic heterocycles. The lowest BCUT2D eigenvalue weighted by atomic mass is 9.86. The van der Waals surface area contributed by atoms with Gasteiger partial charge in [-0.1, -0.05) is 57.2 Å². The maximum absolute atomic E-state index is 9.45. The van der Waals surface area contributed by atoms with Crippen molar-refractivity contribution in [2.75, 3.05) is 5.73 Å². The van der Waals surface area contributed by atoms with Gasteiger partial charge in [-0.3, -0.25) is 0 Å². The van der Waals surface area contributed by atoms with E-state index in [1.54, 1.807) is 6.07 Å². The van der Waals surface area contributed by atoms with Crippen LogP contribution in [0.5, 0.6) is 5.75 Å². The van der Waals surface area contributed by atoms with Crippen molar-refractivity contribution in [2.24, 2.45) is 0 Å². The number of anilines is 1. The second kappa shape index (κ2) is 6.10. The van der Waals surface area contributed by atoms with Gasteiger partial charge in [0.25, 0.3) is 0 Å². The molecular formula is C16H21NO. The van der Waals surface area contributed by atoms with Gasteiger partial charge in [-0.2, -0.15) is 0 Å². The Labute approximate surface area is 109 Å². The van der Waals surface area contributed by atoms with Gasteiger partial charge in [0.1, 0.15) is 5.75 Å². The third-order valence-corrected chi connectivity index (χ3v) is 2.51. The van der Waals surface area contributed by atoms with Crippen molar-refractivity contribution in [3.63, 3.8) is 0 Å². The smallest absolute Gasteiger partial charge is 0.119 e. The molecule has 2 nitrogen and oxygen atoms in total. The van der Waals surface area contributed by atoms with Gasteiger partial charge >= 0.3 is 0 Å². The topological polar surface area (TPSA) is 46.2 Å². The van der Waals surface area contributed by atoms with Crippen LogP contribution in [0, 0.1) is 0 Å². The molecule has 0 amide bonds. The summed E-state index contributed by atoms with van der Waals surface area (Å²) in [5.41, 5.74) is 7.21. The molecule has 0 unspecified atom stereocenters. The van der Waals surface area contributed by atoms with Gasteiger partial charge in [0.05, 0.1) is 0 Å². The van der Waals surface area contributed by atoms with Gasteiger partial charge in [-0.15, -0.1) is 0 Å². The molecule has 3 N–H and O–H groups in total. The van der Waals surface area contributed by atoms with Crippen molar-refractivity contribution < 1.29 is 5.11 Å². The molecular weight excluding hydrogens is 222 g/mol. The van der Waals surface area contributed by atoms with E-state index in [9.17, 15) is 5.11 Å². The fourth-order valence-corrected chi connectivity index (χ4v) is 1.56. The minimum absolute atomic E-state index is 0.0331. The summed E-state index contributed by atoms with van der Waals surface area (Å²) in [5.74, 6) is 0.389. The highest BCUT2D eigenvalue weighted by Crippen LogP contribution is 2.29. The Balaban J connectivity index is 0.000000199. The van der Waals surface area contributed by atoms with Crippen LogP contribution in [-0.4, -0.2) is 5.11 Å². The zero-order valence-corrected chi connectivity index (χ0v) is 11.2. The van der Waals surface area contributed by atoms with Gasteiger partial charge in [-0.25, -0.2) is 0 Å². The monoisotopic (exact) mass is 243 g/mol. The lowest BCUT2D eigenvalue weighted by Crippen LogP contribution is -2.10. The van der Waals surface area contributed by atoms with Crippen molar-refractivity contribution in [3.05, 3.63) is 60.2 Å². The summed E-state index contributed by atoms with van der Waals surface area (Å²) in [7, 11) is 0. The number of hydrogen-bond donors (Lipinski definition) is 2. The fraction of sp³-hybridized carbons (Fsp3) is 0.250. The van der Waals surface area contributed by atoms with Crippen LogP contribution in [0.4, 0.5) is 5.69 Å². The predicted octanol–water partition coefficient (Wildman–Crippen LogP) is 3.96. The first kappa shape index (κ1) is 14.1. The number of phenolic OH excluding ortho intramolecular Hbond substituents is 1. The summed E-state index contributed by atoms with van der Waals surface area (Å²) < 4.78 is 0. The zero-order chi connectivity index (χ0) is 13.6. The largest absolute Gasteiger partial charge is 0.508 e. The molecule has 0 atom stereocenters. The van der Waals surface area contributed by atoms with Gasteiger partial charge in [0, 0.05) is 5.69 Å². The first-order valence-corrected chi connectivity index (χ1v) is 6.00. The number of aromatic hydroxyl groups is 1. The molecule has 0 aliphatic carbocycles. The first-order chi connectivity index (χ1) is 8.41. The van der Waals surface area contributed by atoms with Crippen LogP contribution in [0.25, 0.3) is 0 Å². The highest BCUT2D eigenvalue weighted by atomic mass is 16.3. The minimum atomic E-state index is 0.0331. The summed E-state index contributed by atoms with van der Waals surface area (Å²) in [6.45, 7) is 6.26. The molecule has 2 heteroatoms. The fourth-order valence-electron chi connectivity index (χ4n) is 1.56. The SMILES string of the molecule is CC(C)(C)c1ccccc1O.Nc1ccccc1. The Morgan fingerprint density at radius 2 is 1.33 bits per heavy atom. The molecule has 0 aliphatic heterocycles. The van der Waals surface area contributed by atoms with Crippen LogP contribution in [0.3, 0.4) is 0 Å². The Hall–Kier alpha value is -1.96. The normalized spacial score (nSPS) is 10.4. The summed E-state index contributed by atoms with van der Waals surface area (Å²) >= 11 is 0. The van der Waals surface area contributed by atoms with E-state index in [0.717, 1.165) is 11.3 Å². The molecule has 0 saturated carbocycles. The second-order valence-corrected chi connectivity index (χ2v) is 5.18. The Morgan fingerprint density at radius 3 is 1.67 bits per heavy atom. The van der Waals surface area contributed by atoms with E-state index in [1.807, 2.05) is 48.5 Å². The van der Waals surface area contributed by atoms with E-state index >= 15 is 0 Å². The molecule has 2 aromatic carbocycles. The average Bonchev–Trinajstić information content (AvgIpc) is 2.30. The lowest BCUT2D eigenvalue weighted by molar-refractivity contribution is 0.447. The van der Waals surface area contributed by atoms with Gasteiger partial charge < -0.3 is 10.8 Å². The molecule has 2 rings (SSSR count). The maximum atomic E-state index is 9.45. The summed E-state index contributed by atoms with van der Waals surface area (Å²) in [6.07, 6.45) is 0. The van der Waals surface area contributed by atoms with Gasteiger partial charge in [-0.05, 0) is 29.2 Å². The number of nitrogens with two attached hydrogens (primary N) is 1. The number of para-hydroxylation sites is 2. The van der Waals surface area contributed by atoms with Crippen LogP contribution in [-0.2, 0) is 5.41 Å².